The van der Waals surface area contributed by atoms with Crippen molar-refractivity contribution in [1.29, 1.82) is 0 Å². The molecular weight excluding hydrogens is 1770 g/mol. The summed E-state index contributed by atoms with van der Waals surface area (Å²) in [4.78, 5) is 161. The number of carbonyl (C=O) groups excluding carboxylic acids is 3. The van der Waals surface area contributed by atoms with Gasteiger partial charge in [-0.15, -0.1) is 0 Å². The van der Waals surface area contributed by atoms with Gasteiger partial charge in [0, 0.05) is 99.8 Å². The number of nitrogens with one attached hydrogen (secondary N) is 6. The summed E-state index contributed by atoms with van der Waals surface area (Å²) in [5.41, 5.74) is -5.09. The third-order valence-electron chi connectivity index (χ3n) is 26.7. The first-order chi connectivity index (χ1) is 64.4. The predicted octanol–water partition coefficient (Wildman–Crippen LogP) is 5.36. The average Bonchev–Trinajstić information content (AvgIpc) is 1.59. The van der Waals surface area contributed by atoms with Gasteiger partial charge in [-0.05, 0) is 68.1 Å². The molecule has 9 aliphatic rings. The summed E-state index contributed by atoms with van der Waals surface area (Å²) in [7, 11) is 0. The topological polar surface area (TPSA) is 536 Å². The van der Waals surface area contributed by atoms with Crippen LogP contribution in [0.4, 0.5) is 0 Å². The Morgan fingerprint density at radius 3 is 1.01 bits per heavy atom. The lowest BCUT2D eigenvalue weighted by Gasteiger charge is -2.33. The van der Waals surface area contributed by atoms with E-state index in [1.54, 1.807) is 0 Å². The summed E-state index contributed by atoms with van der Waals surface area (Å²) in [5, 5.41) is 29.2. The number of ether oxygens (including phenoxy) is 15. The Morgan fingerprint density at radius 1 is 0.378 bits per heavy atom. The van der Waals surface area contributed by atoms with E-state index in [1.165, 1.54) is 100 Å². The van der Waals surface area contributed by atoms with Crippen LogP contribution in [0.25, 0.3) is 0 Å². The van der Waals surface area contributed by atoms with Crippen molar-refractivity contribution in [3.05, 3.63) is 273 Å². The highest BCUT2D eigenvalue weighted by Crippen LogP contribution is 2.53. The molecule has 8 aromatic rings. The van der Waals surface area contributed by atoms with Crippen LogP contribution in [0.15, 0.2) is 200 Å². The summed E-state index contributed by atoms with van der Waals surface area (Å²) < 4.78 is 92.5. The van der Waals surface area contributed by atoms with E-state index in [2.05, 4.69) is 52.6 Å². The van der Waals surface area contributed by atoms with E-state index in [0.717, 1.165) is 29.5 Å². The van der Waals surface area contributed by atoms with Crippen LogP contribution < -0.4 is 56.2 Å². The van der Waals surface area contributed by atoms with E-state index >= 15 is 0 Å². The molecule has 0 amide bonds. The molecule has 736 valence electrons. The lowest BCUT2D eigenvalue weighted by atomic mass is 9.88. The Labute approximate surface area is 774 Å². The van der Waals surface area contributed by atoms with Crippen LogP contribution in [0.2, 0.25) is 0 Å². The van der Waals surface area contributed by atoms with Crippen molar-refractivity contribution in [2.45, 2.75) is 294 Å². The molecule has 3 aromatic carbocycles. The molecule has 0 aliphatic carbocycles. The van der Waals surface area contributed by atoms with E-state index < -0.39 is 165 Å². The molecule has 0 saturated carbocycles. The maximum absolute atomic E-state index is 12.4. The summed E-state index contributed by atoms with van der Waals surface area (Å²) in [6.45, 7) is 28.3. The minimum absolute atomic E-state index is 0.00803. The van der Waals surface area contributed by atoms with Gasteiger partial charge in [0.25, 0.3) is 27.8 Å². The number of carbonyl (C=O) groups is 3. The van der Waals surface area contributed by atoms with Crippen molar-refractivity contribution < 1.29 is 101 Å². The van der Waals surface area contributed by atoms with Gasteiger partial charge < -0.3 is 91.4 Å². The molecule has 135 heavy (non-hydrogen) atoms. The van der Waals surface area contributed by atoms with Crippen LogP contribution in [-0.2, 0) is 105 Å². The minimum Gasteiger partial charge on any atom is -0.455 e. The highest BCUT2D eigenvalue weighted by Gasteiger charge is 2.64. The van der Waals surface area contributed by atoms with Gasteiger partial charge in [-0.1, -0.05) is 167 Å². The number of nitrogens with zero attached hydrogens (tertiary/aromatic N) is 4. The van der Waals surface area contributed by atoms with E-state index in [9.17, 15) is 77.6 Å². The van der Waals surface area contributed by atoms with Crippen LogP contribution in [-0.4, -0.2) is 209 Å². The molecule has 14 heterocycles. The van der Waals surface area contributed by atoms with Gasteiger partial charge in [-0.3, -0.25) is 81.5 Å². The average molecular weight is 1890 g/mol. The second-order valence-electron chi connectivity index (χ2n) is 34.4. The molecule has 7 unspecified atom stereocenters. The summed E-state index contributed by atoms with van der Waals surface area (Å²) in [5.74, 6) is -0.990. The fourth-order valence-electron chi connectivity index (χ4n) is 18.6. The Hall–Kier alpha value is -11.1. The number of hydrogen-bond acceptors (Lipinski definition) is 31. The Bertz CT molecular complexity index is 5620. The van der Waals surface area contributed by atoms with Gasteiger partial charge in [0.2, 0.25) is 6.29 Å². The molecule has 41 nitrogen and oxygen atoms in total. The van der Waals surface area contributed by atoms with Gasteiger partial charge >= 0.3 is 46.4 Å². The third-order valence-corrected chi connectivity index (χ3v) is 26.7. The molecule has 9 fully saturated rings. The lowest BCUT2D eigenvalue weighted by Crippen LogP contribution is -2.45. The van der Waals surface area contributed by atoms with Gasteiger partial charge in [0.1, 0.15) is 59.5 Å². The molecule has 5 aromatic heterocycles. The number of fused-ring (bicyclic) bond motifs is 6. The SMILES string of the molecule is CC1[C@@H]2OC[C@]1(CO)O[C@H]2n1ccc(=O)[nH]c1=O.CCC1(CC)OC(OC(C)=O)[C@@H](OC(C)=O)C1OCc1ccccc1.CCC1(CC)O[C@@H](n2ccc(=O)[nH]c2=O)[C@@H](OC(C)=O)C1OCc1ccccc1.CCC1(CC)O[C@H](O)[C@@H](O)C1OCc1ccccc1.CC[C@]12CO[C@@H](C1C)[C@H](n1ccc(=O)[nH]c1=O)O2.CC[C@]12CO[C@@H](C1C)[C@H](n1ccc(=O)[nH]c1=O)O2.O=c1cc[nH]c(=O)[nH]1. The van der Waals surface area contributed by atoms with Gasteiger partial charge in [0.15, 0.2) is 43.4 Å². The summed E-state index contributed by atoms with van der Waals surface area (Å²) in [6.07, 6.45) is 3.11. The Balaban J connectivity index is 0.000000154. The quantitative estimate of drug-likeness (QED) is 0.0257. The molecule has 9 N–H and O–H groups in total. The molecule has 41 heteroatoms. The highest BCUT2D eigenvalue weighted by atomic mass is 16.8. The first-order valence-corrected chi connectivity index (χ1v) is 45.4. The normalized spacial score (nSPS) is 29.5. The number of benzene rings is 3. The molecule has 9 aliphatic heterocycles. The van der Waals surface area contributed by atoms with E-state index in [0.29, 0.717) is 78.2 Å². The van der Waals surface area contributed by atoms with E-state index in [4.69, 9.17) is 71.1 Å². The second kappa shape index (κ2) is 45.7. The Morgan fingerprint density at radius 2 is 0.696 bits per heavy atom. The zero-order valence-electron chi connectivity index (χ0n) is 78.0. The monoisotopic (exact) mass is 1890 g/mol. The van der Waals surface area contributed by atoms with Crippen molar-refractivity contribution in [3.63, 3.8) is 0 Å². The number of aromatic nitrogens is 10. The van der Waals surface area contributed by atoms with Crippen molar-refractivity contribution in [1.82, 2.24) is 48.2 Å². The number of H-pyrrole nitrogens is 6. The standard InChI is InChI=1S/C21H26N2O6.C19H26O6.C15H22O4.2C12H16N2O4.C11H14N2O5.C4H4N2O2/c1-4-21(5-2)18(27-13-15-9-7-6-8-10-15)17(28-14(3)24)19(29-21)23-12-11-16(25)22-20(23)26;1-5-19(6-2)17(22-12-15-10-8-7-9-11-15)16(23-13(3)20)18(25-19)24-14(4)21;1-3-15(4-2)13(12(16)14(17)19-15)18-10-11-8-6-5-7-9-11;2*1-3-12-6-17-9(7(12)2)10(18-12)14-5-4-8(15)13-11(14)16;1-6-8-9(18-11(6,4-14)5-17-8)13-3-2-7(15)12-10(13)16;7-3-1-2-5-4(8)6-3/h6-12,17-19H,4-5,13H2,1-3H3,(H,22,25,26);7-11,16-18H,5-6,12H2,1-4H3;5-9,12-14,16-17H,3-4,10H2,1-2H3;2*4-5,7,9-10H,3,6H2,1-2H3,(H,13,15,16);2-3,6,8-9,14H,4-5H2,1H3,(H,12,15,16);1-2H,(H2,5,6,7,8)/t17-,18?,19+;16-,17?,18?;12-,13?,14-;2*7?,9-,10+,12-;6?,8-,9+,11-;/m000000./s1. The Kier molecular flexibility index (Phi) is 35.3. The highest BCUT2D eigenvalue weighted by molar-refractivity contribution is 5.67. The largest absolute Gasteiger partial charge is 0.455 e. The number of aliphatic hydroxyl groups is 3. The van der Waals surface area contributed by atoms with Gasteiger partial charge in [-0.25, -0.2) is 24.0 Å². The van der Waals surface area contributed by atoms with Gasteiger partial charge in [-0.2, -0.15) is 0 Å². The van der Waals surface area contributed by atoms with Crippen LogP contribution in [0, 0.1) is 17.8 Å². The number of aromatic amines is 6. The molecule has 17 rings (SSSR count). The lowest BCUT2D eigenvalue weighted by molar-refractivity contribution is -0.205. The molecule has 0 radical (unpaired) electrons. The fourth-order valence-corrected chi connectivity index (χ4v) is 18.6. The molecule has 21 atom stereocenters. The zero-order chi connectivity index (χ0) is 98.1. The third kappa shape index (κ3) is 23.4. The van der Waals surface area contributed by atoms with Crippen LogP contribution >= 0.6 is 0 Å². The first kappa shape index (κ1) is 104. The summed E-state index contributed by atoms with van der Waals surface area (Å²) >= 11 is 0. The second-order valence-corrected chi connectivity index (χ2v) is 34.4. The molecule has 9 saturated heterocycles. The van der Waals surface area contributed by atoms with Crippen molar-refractivity contribution in [3.8, 4) is 0 Å². The number of aliphatic hydroxyl groups excluding tert-OH is 3. The van der Waals surface area contributed by atoms with Crippen LogP contribution in [0.5, 0.6) is 0 Å². The summed E-state index contributed by atoms with van der Waals surface area (Å²) in [6, 6.07) is 35.5. The fraction of sp³-hybridized carbons (Fsp3) is 0.564. The van der Waals surface area contributed by atoms with E-state index in [-0.39, 0.29) is 59.4 Å². The minimum atomic E-state index is -1.17. The maximum atomic E-state index is 12.4. The predicted molar refractivity (Wildman–Crippen MR) is 482 cm³/mol. The number of rotatable bonds is 25. The van der Waals surface area contributed by atoms with Crippen LogP contribution in [0.1, 0.15) is 190 Å². The zero-order valence-corrected chi connectivity index (χ0v) is 78.0. The number of esters is 3. The number of hydrogen-bond donors (Lipinski definition) is 9. The molecular formula is C94H124N10O31. The van der Waals surface area contributed by atoms with Crippen molar-refractivity contribution in [2.75, 3.05) is 26.4 Å². The maximum Gasteiger partial charge on any atom is 0.330 e. The van der Waals surface area contributed by atoms with Gasteiger partial charge in [0.05, 0.1) is 63.1 Å². The van der Waals surface area contributed by atoms with E-state index in [1.807, 2.05) is 144 Å². The van der Waals surface area contributed by atoms with Crippen molar-refractivity contribution >= 4 is 17.9 Å². The molecule has 6 bridgehead atoms. The van der Waals surface area contributed by atoms with Crippen LogP contribution in [0.3, 0.4) is 0 Å². The molecule has 0 spiro atoms. The van der Waals surface area contributed by atoms with Crippen molar-refractivity contribution in [2.24, 2.45) is 17.8 Å². The first-order valence-electron chi connectivity index (χ1n) is 45.4. The smallest absolute Gasteiger partial charge is 0.330 e.